The van der Waals surface area contributed by atoms with Crippen molar-refractivity contribution in [2.45, 2.75) is 152 Å². The Morgan fingerprint density at radius 1 is 0.525 bits per heavy atom. The minimum Gasteiger partial charge on any atom is -0.379 e. The Kier molecular flexibility index (Phi) is 21.7. The van der Waals surface area contributed by atoms with Crippen LogP contribution in [0.3, 0.4) is 0 Å². The first kappa shape index (κ1) is 59.9. The maximum Gasteiger partial charge on any atom is 0.253 e. The highest BCUT2D eigenvalue weighted by molar-refractivity contribution is 6.02. The summed E-state index contributed by atoms with van der Waals surface area (Å²) in [6, 6.07) is 28.1. The van der Waals surface area contributed by atoms with Gasteiger partial charge in [-0.05, 0) is 137 Å². The summed E-state index contributed by atoms with van der Waals surface area (Å²) in [6.45, 7) is 5.74. The number of nitrogens with one attached hydrogen (secondary N) is 4. The van der Waals surface area contributed by atoms with Gasteiger partial charge in [-0.3, -0.25) is 28.8 Å². The van der Waals surface area contributed by atoms with Crippen LogP contribution in [-0.2, 0) is 41.5 Å². The van der Waals surface area contributed by atoms with E-state index in [2.05, 4.69) is 45.5 Å². The Morgan fingerprint density at radius 3 is 1.25 bits per heavy atom. The van der Waals surface area contributed by atoms with Crippen molar-refractivity contribution >= 4 is 46.2 Å². The molecule has 6 amide bonds. The maximum atomic E-state index is 15.1. The summed E-state index contributed by atoms with van der Waals surface area (Å²) in [4.78, 5) is 94.1. The molecule has 4 aromatic carbocycles. The second kappa shape index (κ2) is 29.0. The third kappa shape index (κ3) is 14.8. The maximum absolute atomic E-state index is 15.1. The molecule has 8 atom stereocenters. The number of methoxy groups -OCH3 is 2. The Labute approximate surface area is 474 Å². The monoisotopic (exact) mass is 1100 g/mol. The van der Waals surface area contributed by atoms with Crippen LogP contribution in [0, 0.1) is 11.8 Å². The first-order chi connectivity index (χ1) is 38.8. The van der Waals surface area contributed by atoms with E-state index in [0.29, 0.717) is 63.0 Å². The van der Waals surface area contributed by atoms with Gasteiger partial charge >= 0.3 is 0 Å². The molecule has 0 radical (unpaired) electrons. The number of amides is 6. The summed E-state index contributed by atoms with van der Waals surface area (Å²) < 4.78 is 12.2. The van der Waals surface area contributed by atoms with Crippen molar-refractivity contribution < 1.29 is 38.2 Å². The van der Waals surface area contributed by atoms with Crippen LogP contribution >= 0.6 is 0 Å². The fourth-order valence-corrected chi connectivity index (χ4v) is 12.8. The second-order valence-corrected chi connectivity index (χ2v) is 22.9. The van der Waals surface area contributed by atoms with E-state index >= 15 is 9.59 Å². The highest BCUT2D eigenvalue weighted by Gasteiger charge is 2.46. The normalized spacial score (nSPS) is 21.4. The number of likely N-dealkylation sites (tertiary alicyclic amines) is 2. The molecule has 4 aliphatic rings. The molecule has 8 rings (SSSR count). The summed E-state index contributed by atoms with van der Waals surface area (Å²) in [5.41, 5.74) is 3.12. The molecular formula is C64H88N8O8. The minimum atomic E-state index is -0.682. The van der Waals surface area contributed by atoms with Gasteiger partial charge in [0, 0.05) is 64.6 Å². The highest BCUT2D eigenvalue weighted by atomic mass is 16.5. The third-order valence-electron chi connectivity index (χ3n) is 17.9. The van der Waals surface area contributed by atoms with Gasteiger partial charge in [-0.15, -0.1) is 0 Å². The molecule has 0 spiro atoms. The van der Waals surface area contributed by atoms with E-state index in [0.717, 1.165) is 86.1 Å². The van der Waals surface area contributed by atoms with E-state index in [1.54, 1.807) is 42.2 Å². The van der Waals surface area contributed by atoms with Gasteiger partial charge in [-0.25, -0.2) is 0 Å². The Bertz CT molecular complexity index is 2520. The Balaban J connectivity index is 1.05. The van der Waals surface area contributed by atoms with Gasteiger partial charge in [0.1, 0.15) is 12.1 Å². The molecule has 0 aromatic heterocycles. The molecule has 16 nitrogen and oxygen atoms in total. The number of fused-ring (bicyclic) bond motifs is 1. The number of ether oxygens (including phenoxy) is 2. The number of benzene rings is 4. The minimum absolute atomic E-state index is 0.0161. The zero-order chi connectivity index (χ0) is 56.7. The lowest BCUT2D eigenvalue weighted by Gasteiger charge is -2.38. The molecule has 0 bridgehead atoms. The zero-order valence-corrected chi connectivity index (χ0v) is 48.2. The van der Waals surface area contributed by atoms with Gasteiger partial charge in [-0.1, -0.05) is 111 Å². The highest BCUT2D eigenvalue weighted by Crippen LogP contribution is 2.33. The van der Waals surface area contributed by atoms with Crippen molar-refractivity contribution in [2.75, 3.05) is 67.6 Å². The van der Waals surface area contributed by atoms with Crippen molar-refractivity contribution in [3.05, 3.63) is 119 Å². The van der Waals surface area contributed by atoms with Crippen LogP contribution in [0.4, 0.5) is 0 Å². The molecule has 4 N–H and O–H groups in total. The molecule has 4 aromatic rings. The number of hydrogen-bond donors (Lipinski definition) is 4. The lowest BCUT2D eigenvalue weighted by atomic mass is 9.83. The quantitative estimate of drug-likeness (QED) is 0.0584. The third-order valence-corrected chi connectivity index (χ3v) is 17.9. The van der Waals surface area contributed by atoms with Gasteiger partial charge in [-0.2, -0.15) is 0 Å². The summed E-state index contributed by atoms with van der Waals surface area (Å²) >= 11 is 0. The van der Waals surface area contributed by atoms with E-state index in [-0.39, 0.29) is 72.6 Å². The first-order valence-corrected chi connectivity index (χ1v) is 29.6. The largest absolute Gasteiger partial charge is 0.379 e. The van der Waals surface area contributed by atoms with Gasteiger partial charge in [0.05, 0.1) is 36.4 Å². The number of carbonyl (C=O) groups is 6. The summed E-state index contributed by atoms with van der Waals surface area (Å²) in [5.74, 6) is -1.02. The summed E-state index contributed by atoms with van der Waals surface area (Å²) in [6.07, 6.45) is 11.5. The van der Waals surface area contributed by atoms with Crippen molar-refractivity contribution in [3.63, 3.8) is 0 Å². The number of nitrogens with zero attached hydrogens (tertiary/aromatic N) is 4. The van der Waals surface area contributed by atoms with Crippen LogP contribution in [0.1, 0.15) is 123 Å². The van der Waals surface area contributed by atoms with Crippen LogP contribution in [0.5, 0.6) is 0 Å². The standard InChI is InChI=1S/C64H88N8O8/c1-43(65-3)59(73)67-57(47-23-15-9-16-24-47)63(77)71-37-33-55(79-5)53(71)41-69(35-31-45-19-11-7-12-20-45)61(75)51-29-27-50-40-52(30-28-49(50)39-51)62(76)70(36-32-46-21-13-8-14-22-46)42-54-56(80-6)34-38-72(54)64(78)58(48-25-17-10-18-26-48)68-60(74)44(2)66-4/h7-8,11-14,19-22,27-30,39-40,43-44,47-48,53-58,65-66H,9-10,15-18,23-26,31-38,41-42H2,1-6H3,(H,67,73)(H,68,74)/t43-,44-,53+,54+,55-,56-,57-,58-/m0/s1. The molecule has 0 unspecified atom stereocenters. The SMILES string of the molecule is CN[C@@H](C)C(=O)N[C@H](C(=O)N1CC[C@H](OC)[C@H]1CN(CCc1ccccc1)C(=O)c1ccc2cc(C(=O)N(CCc3ccccc3)C[C@@H]3[C@@H](OC)CCN3C(=O)[C@@H](NC(=O)[C@H](C)NC)C3CCCCC3)ccc2c1)C1CCCCC1. The van der Waals surface area contributed by atoms with Crippen LogP contribution < -0.4 is 21.3 Å². The Hall–Kier alpha value is -6.20. The van der Waals surface area contributed by atoms with Crippen molar-refractivity contribution in [2.24, 2.45) is 11.8 Å². The summed E-state index contributed by atoms with van der Waals surface area (Å²) in [7, 11) is 6.79. The Morgan fingerprint density at radius 2 is 0.900 bits per heavy atom. The van der Waals surface area contributed by atoms with E-state index < -0.39 is 36.3 Å². The zero-order valence-electron chi connectivity index (χ0n) is 48.2. The van der Waals surface area contributed by atoms with Crippen LogP contribution in [0.15, 0.2) is 97.1 Å². The topological polar surface area (TPSA) is 182 Å². The number of likely N-dealkylation sites (N-methyl/N-ethyl adjacent to an activating group) is 2. The van der Waals surface area contributed by atoms with E-state index in [9.17, 15) is 19.2 Å². The predicted octanol–water partition coefficient (Wildman–Crippen LogP) is 6.79. The molecule has 16 heteroatoms. The smallest absolute Gasteiger partial charge is 0.253 e. The fourth-order valence-electron chi connectivity index (χ4n) is 12.8. The van der Waals surface area contributed by atoms with E-state index in [4.69, 9.17) is 9.47 Å². The average Bonchev–Trinajstić information content (AvgIpc) is 4.15. The number of hydrogen-bond acceptors (Lipinski definition) is 10. The van der Waals surface area contributed by atoms with Crippen LogP contribution in [-0.4, -0.2) is 171 Å². The van der Waals surface area contributed by atoms with Crippen molar-refractivity contribution in [1.82, 2.24) is 40.9 Å². The van der Waals surface area contributed by atoms with Crippen LogP contribution in [0.25, 0.3) is 10.8 Å². The van der Waals surface area contributed by atoms with Crippen molar-refractivity contribution in [3.8, 4) is 0 Å². The molecule has 2 heterocycles. The molecule has 432 valence electrons. The first-order valence-electron chi connectivity index (χ1n) is 29.6. The average molecular weight is 1100 g/mol. The lowest BCUT2D eigenvalue weighted by molar-refractivity contribution is -0.140. The molecule has 2 aliphatic carbocycles. The molecule has 2 saturated carbocycles. The van der Waals surface area contributed by atoms with Gasteiger partial charge in [0.25, 0.3) is 11.8 Å². The molecule has 4 fully saturated rings. The molecule has 2 aliphatic heterocycles. The lowest BCUT2D eigenvalue weighted by Crippen LogP contribution is -2.58. The van der Waals surface area contributed by atoms with Gasteiger partial charge in [0.2, 0.25) is 23.6 Å². The predicted molar refractivity (Wildman–Crippen MR) is 312 cm³/mol. The molecule has 80 heavy (non-hydrogen) atoms. The summed E-state index contributed by atoms with van der Waals surface area (Å²) in [5, 5.41) is 13.9. The second-order valence-electron chi connectivity index (χ2n) is 22.9. The fraction of sp³-hybridized carbons (Fsp3) is 0.562. The van der Waals surface area contributed by atoms with E-state index in [1.165, 1.54) is 0 Å². The van der Waals surface area contributed by atoms with Crippen molar-refractivity contribution in [1.29, 1.82) is 0 Å². The number of carbonyl (C=O) groups excluding carboxylic acids is 6. The van der Waals surface area contributed by atoms with Crippen LogP contribution in [0.2, 0.25) is 0 Å². The number of rotatable bonds is 24. The molecular weight excluding hydrogens is 1010 g/mol. The van der Waals surface area contributed by atoms with Gasteiger partial charge < -0.3 is 50.3 Å². The molecule has 2 saturated heterocycles. The van der Waals surface area contributed by atoms with Gasteiger partial charge in [0.15, 0.2) is 0 Å². The van der Waals surface area contributed by atoms with E-state index in [1.807, 2.05) is 92.4 Å².